The maximum Gasteiger partial charge on any atom is 0.0603 e. The molecule has 0 aromatic rings. The maximum atomic E-state index is 5.72. The third-order valence-electron chi connectivity index (χ3n) is 4.06. The highest BCUT2D eigenvalue weighted by atomic mass is 15.1. The summed E-state index contributed by atoms with van der Waals surface area (Å²) in [6.45, 7) is 13.9. The Morgan fingerprint density at radius 3 is 2.29 bits per heavy atom. The van der Waals surface area contributed by atoms with E-state index in [1.54, 1.807) is 0 Å². The predicted octanol–water partition coefficient (Wildman–Crippen LogP) is 3.51. The van der Waals surface area contributed by atoms with Crippen LogP contribution in [0.2, 0.25) is 0 Å². The average Bonchev–Trinajstić information content (AvgIpc) is 3.01. The van der Waals surface area contributed by atoms with E-state index in [0.29, 0.717) is 17.0 Å². The van der Waals surface area contributed by atoms with E-state index in [2.05, 4.69) is 19.7 Å². The van der Waals surface area contributed by atoms with Crippen molar-refractivity contribution in [1.29, 1.82) is 0 Å². The molecule has 2 aliphatic carbocycles. The molecule has 0 saturated heterocycles. The minimum Gasteiger partial charge on any atom is -0.398 e. The first kappa shape index (κ1) is 12.0. The summed E-state index contributed by atoms with van der Waals surface area (Å²) < 4.78 is 0. The molecule has 0 unspecified atom stereocenters. The lowest BCUT2D eigenvalue weighted by Gasteiger charge is -2.41. The number of nitrogens with two attached hydrogens (primary N) is 1. The summed E-state index contributed by atoms with van der Waals surface area (Å²) in [5.74, 6) is 0.588. The van der Waals surface area contributed by atoms with Gasteiger partial charge in [-0.3, -0.25) is 0 Å². The van der Waals surface area contributed by atoms with Gasteiger partial charge in [-0.1, -0.05) is 25.8 Å². The molecular formula is C15H22N2. The first-order valence-corrected chi connectivity index (χ1v) is 6.23. The highest BCUT2D eigenvalue weighted by Crippen LogP contribution is 2.65. The molecule has 2 nitrogen and oxygen atoms in total. The summed E-state index contributed by atoms with van der Waals surface area (Å²) >= 11 is 0. The van der Waals surface area contributed by atoms with Gasteiger partial charge in [-0.25, -0.2) is 0 Å². The van der Waals surface area contributed by atoms with Crippen molar-refractivity contribution in [2.24, 2.45) is 17.1 Å². The van der Waals surface area contributed by atoms with Gasteiger partial charge in [-0.15, -0.1) is 0 Å². The van der Waals surface area contributed by atoms with Crippen LogP contribution in [0.3, 0.4) is 0 Å². The van der Waals surface area contributed by atoms with E-state index in [4.69, 9.17) is 5.73 Å². The molecule has 2 fully saturated rings. The van der Waals surface area contributed by atoms with Crippen molar-refractivity contribution in [2.45, 2.75) is 32.6 Å². The number of rotatable bonds is 5. The Morgan fingerprint density at radius 2 is 1.88 bits per heavy atom. The van der Waals surface area contributed by atoms with Gasteiger partial charge < -0.3 is 10.6 Å². The van der Waals surface area contributed by atoms with Crippen molar-refractivity contribution in [3.05, 3.63) is 49.1 Å². The zero-order valence-corrected chi connectivity index (χ0v) is 10.7. The molecule has 0 atom stereocenters. The van der Waals surface area contributed by atoms with Crippen LogP contribution in [0.25, 0.3) is 0 Å². The predicted molar refractivity (Wildman–Crippen MR) is 72.7 cm³/mol. The molecule has 2 saturated carbocycles. The largest absolute Gasteiger partial charge is 0.398 e. The van der Waals surface area contributed by atoms with Gasteiger partial charge in [-0.05, 0) is 38.0 Å². The molecule has 2 rings (SSSR count). The summed E-state index contributed by atoms with van der Waals surface area (Å²) in [5.41, 5.74) is 8.76. The van der Waals surface area contributed by atoms with Crippen LogP contribution < -0.4 is 5.73 Å². The molecule has 2 N–H and O–H groups in total. The first-order chi connectivity index (χ1) is 7.99. The summed E-state index contributed by atoms with van der Waals surface area (Å²) in [5, 5.41) is 0. The topological polar surface area (TPSA) is 29.3 Å². The Bertz CT molecular complexity index is 391. The van der Waals surface area contributed by atoms with Crippen LogP contribution in [-0.2, 0) is 0 Å². The van der Waals surface area contributed by atoms with Crippen LogP contribution in [0.5, 0.6) is 0 Å². The second kappa shape index (κ2) is 4.10. The zero-order valence-electron chi connectivity index (χ0n) is 10.7. The quantitative estimate of drug-likeness (QED) is 0.732. The van der Waals surface area contributed by atoms with Crippen molar-refractivity contribution in [2.75, 3.05) is 0 Å². The fourth-order valence-corrected chi connectivity index (χ4v) is 2.67. The number of hydrogen-bond acceptors (Lipinski definition) is 2. The third kappa shape index (κ3) is 2.17. The zero-order chi connectivity index (χ0) is 12.6. The van der Waals surface area contributed by atoms with Gasteiger partial charge in [-0.2, -0.15) is 0 Å². The van der Waals surface area contributed by atoms with Crippen molar-refractivity contribution in [3.8, 4) is 0 Å². The van der Waals surface area contributed by atoms with Gasteiger partial charge in [0.05, 0.1) is 5.70 Å². The molecule has 0 radical (unpaired) electrons. The fourth-order valence-electron chi connectivity index (χ4n) is 2.67. The maximum absolute atomic E-state index is 5.72. The molecule has 0 aromatic carbocycles. The molecule has 0 bridgehead atoms. The van der Waals surface area contributed by atoms with E-state index in [-0.39, 0.29) is 0 Å². The monoisotopic (exact) mass is 230 g/mol. The van der Waals surface area contributed by atoms with Gasteiger partial charge >= 0.3 is 0 Å². The molecule has 17 heavy (non-hydrogen) atoms. The number of hydrogen-bond donors (Lipinski definition) is 1. The first-order valence-electron chi connectivity index (χ1n) is 6.23. The minimum absolute atomic E-state index is 0.504. The SMILES string of the molecule is C=C(N)C(=C)N(/C=C\C)C(=C)C1CC2(CC2)C1. The van der Waals surface area contributed by atoms with Crippen LogP contribution in [0.1, 0.15) is 32.6 Å². The summed E-state index contributed by atoms with van der Waals surface area (Å²) in [7, 11) is 0. The van der Waals surface area contributed by atoms with Crippen molar-refractivity contribution < 1.29 is 0 Å². The van der Waals surface area contributed by atoms with Crippen LogP contribution in [-0.4, -0.2) is 4.90 Å². The van der Waals surface area contributed by atoms with Crippen LogP contribution >= 0.6 is 0 Å². The fraction of sp³-hybridized carbons (Fsp3) is 0.467. The summed E-state index contributed by atoms with van der Waals surface area (Å²) in [6, 6.07) is 0. The lowest BCUT2D eigenvalue weighted by Crippen LogP contribution is -2.32. The molecule has 0 heterocycles. The van der Waals surface area contributed by atoms with Gasteiger partial charge in [0, 0.05) is 23.5 Å². The molecule has 2 heteroatoms. The standard InChI is InChI=1S/C15H22N2/c1-5-8-17(12(3)11(2)16)13(4)14-9-15(10-14)6-7-15/h5,8,14H,2-4,6-7,9-10,16H2,1H3/b8-5-. The minimum atomic E-state index is 0.504. The van der Waals surface area contributed by atoms with E-state index in [1.165, 1.54) is 25.7 Å². The van der Waals surface area contributed by atoms with Crippen molar-refractivity contribution in [3.63, 3.8) is 0 Å². The lowest BCUT2D eigenvalue weighted by atomic mass is 9.70. The normalized spacial score (nSPS) is 21.2. The van der Waals surface area contributed by atoms with E-state index in [1.807, 2.05) is 24.1 Å². The van der Waals surface area contributed by atoms with Gasteiger partial charge in [0.15, 0.2) is 0 Å². The Balaban J connectivity index is 2.03. The van der Waals surface area contributed by atoms with E-state index in [9.17, 15) is 0 Å². The van der Waals surface area contributed by atoms with Crippen LogP contribution in [0.15, 0.2) is 49.1 Å². The molecule has 2 aliphatic rings. The van der Waals surface area contributed by atoms with Crippen LogP contribution in [0.4, 0.5) is 0 Å². The van der Waals surface area contributed by atoms with Gasteiger partial charge in [0.25, 0.3) is 0 Å². The molecule has 1 spiro atoms. The molecule has 0 aliphatic heterocycles. The molecule has 92 valence electrons. The van der Waals surface area contributed by atoms with Crippen molar-refractivity contribution >= 4 is 0 Å². The van der Waals surface area contributed by atoms with E-state index < -0.39 is 0 Å². The highest BCUT2D eigenvalue weighted by molar-refractivity contribution is 5.29. The second-order valence-electron chi connectivity index (χ2n) is 5.42. The number of nitrogens with zero attached hydrogens (tertiary/aromatic N) is 1. The van der Waals surface area contributed by atoms with E-state index >= 15 is 0 Å². The van der Waals surface area contributed by atoms with Gasteiger partial charge in [0.2, 0.25) is 0 Å². The second-order valence-corrected chi connectivity index (χ2v) is 5.42. The van der Waals surface area contributed by atoms with E-state index in [0.717, 1.165) is 11.4 Å². The van der Waals surface area contributed by atoms with Gasteiger partial charge in [0.1, 0.15) is 0 Å². The Hall–Kier alpha value is -1.44. The summed E-state index contributed by atoms with van der Waals surface area (Å²) in [6.07, 6.45) is 9.33. The average molecular weight is 230 g/mol. The summed E-state index contributed by atoms with van der Waals surface area (Å²) in [4.78, 5) is 1.99. The molecule has 0 amide bonds. The Kier molecular flexibility index (Phi) is 2.90. The highest BCUT2D eigenvalue weighted by Gasteiger charge is 2.53. The Labute approximate surface area is 104 Å². The van der Waals surface area contributed by atoms with Crippen molar-refractivity contribution in [1.82, 2.24) is 4.90 Å². The van der Waals surface area contributed by atoms with Crippen LogP contribution in [0, 0.1) is 11.3 Å². The molecule has 0 aromatic heterocycles. The third-order valence-corrected chi connectivity index (χ3v) is 4.06. The molecular weight excluding hydrogens is 208 g/mol. The smallest absolute Gasteiger partial charge is 0.0603 e. The number of allylic oxidation sites excluding steroid dienone is 2. The Morgan fingerprint density at radius 1 is 1.29 bits per heavy atom. The lowest BCUT2D eigenvalue weighted by molar-refractivity contribution is 0.180.